The van der Waals surface area contributed by atoms with Crippen LogP contribution in [0.3, 0.4) is 0 Å². The largest absolute Gasteiger partial charge is 0.303 e. The molecule has 0 radical (unpaired) electrons. The van der Waals surface area contributed by atoms with Gasteiger partial charge in [0.25, 0.3) is 0 Å². The van der Waals surface area contributed by atoms with E-state index in [0.717, 1.165) is 12.0 Å². The highest BCUT2D eigenvalue weighted by molar-refractivity contribution is 7.99. The fraction of sp³-hybridized carbons (Fsp3) is 0.647. The molecule has 2 rings (SSSR count). The Morgan fingerprint density at radius 3 is 2.42 bits per heavy atom. The van der Waals surface area contributed by atoms with E-state index in [0.29, 0.717) is 0 Å². The zero-order chi connectivity index (χ0) is 13.5. The summed E-state index contributed by atoms with van der Waals surface area (Å²) < 4.78 is 0. The van der Waals surface area contributed by atoms with Crippen LogP contribution in [0.15, 0.2) is 35.2 Å². The number of rotatable bonds is 6. The molecule has 1 nitrogen and oxygen atoms in total. The fourth-order valence-corrected chi connectivity index (χ4v) is 3.97. The molecule has 0 amide bonds. The Balaban J connectivity index is 1.66. The maximum atomic E-state index is 2.59. The van der Waals surface area contributed by atoms with E-state index in [1.165, 1.54) is 49.3 Å². The SMILES string of the molecule is CCC1CCC(N(C)CCSc2ccccc2)CC1. The van der Waals surface area contributed by atoms with Gasteiger partial charge in [0.1, 0.15) is 0 Å². The van der Waals surface area contributed by atoms with Crippen molar-refractivity contribution >= 4 is 11.8 Å². The van der Waals surface area contributed by atoms with Gasteiger partial charge in [-0.05, 0) is 50.8 Å². The minimum Gasteiger partial charge on any atom is -0.303 e. The van der Waals surface area contributed by atoms with Gasteiger partial charge in [-0.1, -0.05) is 31.5 Å². The molecular weight excluding hydrogens is 250 g/mol. The van der Waals surface area contributed by atoms with Gasteiger partial charge in [-0.2, -0.15) is 0 Å². The highest BCUT2D eigenvalue weighted by Gasteiger charge is 2.22. The number of hydrogen-bond acceptors (Lipinski definition) is 2. The predicted molar refractivity (Wildman–Crippen MR) is 85.8 cm³/mol. The summed E-state index contributed by atoms with van der Waals surface area (Å²) in [5, 5.41) is 0. The molecule has 0 spiro atoms. The average molecular weight is 277 g/mol. The second-order valence-corrected chi connectivity index (χ2v) is 6.89. The molecule has 0 unspecified atom stereocenters. The lowest BCUT2D eigenvalue weighted by Crippen LogP contribution is -2.36. The molecular formula is C17H27NS. The molecule has 1 aromatic rings. The minimum atomic E-state index is 0.833. The molecule has 1 aromatic carbocycles. The highest BCUT2D eigenvalue weighted by atomic mass is 32.2. The normalized spacial score (nSPS) is 23.7. The highest BCUT2D eigenvalue weighted by Crippen LogP contribution is 2.29. The van der Waals surface area contributed by atoms with Crippen molar-refractivity contribution in [3.05, 3.63) is 30.3 Å². The van der Waals surface area contributed by atoms with E-state index >= 15 is 0 Å². The fourth-order valence-electron chi connectivity index (χ4n) is 3.00. The molecule has 19 heavy (non-hydrogen) atoms. The smallest absolute Gasteiger partial charge is 0.0108 e. The van der Waals surface area contributed by atoms with Crippen molar-refractivity contribution in [2.24, 2.45) is 5.92 Å². The van der Waals surface area contributed by atoms with E-state index in [1.807, 2.05) is 11.8 Å². The lowest BCUT2D eigenvalue weighted by atomic mass is 9.84. The zero-order valence-corrected chi connectivity index (χ0v) is 13.2. The molecule has 1 fully saturated rings. The van der Waals surface area contributed by atoms with Crippen LogP contribution in [0.25, 0.3) is 0 Å². The summed E-state index contributed by atoms with van der Waals surface area (Å²) in [6, 6.07) is 11.6. The third kappa shape index (κ3) is 4.85. The van der Waals surface area contributed by atoms with Gasteiger partial charge in [-0.15, -0.1) is 11.8 Å². The van der Waals surface area contributed by atoms with Gasteiger partial charge >= 0.3 is 0 Å². The van der Waals surface area contributed by atoms with Gasteiger partial charge < -0.3 is 4.90 Å². The van der Waals surface area contributed by atoms with E-state index in [9.17, 15) is 0 Å². The molecule has 1 aliphatic rings. The van der Waals surface area contributed by atoms with Gasteiger partial charge in [0.15, 0.2) is 0 Å². The average Bonchev–Trinajstić information content (AvgIpc) is 2.48. The minimum absolute atomic E-state index is 0.833. The van der Waals surface area contributed by atoms with Crippen molar-refractivity contribution in [1.82, 2.24) is 4.90 Å². The Morgan fingerprint density at radius 2 is 1.79 bits per heavy atom. The van der Waals surface area contributed by atoms with Crippen LogP contribution in [-0.2, 0) is 0 Å². The molecule has 0 saturated heterocycles. The molecule has 106 valence electrons. The third-order valence-corrected chi connectivity index (χ3v) is 5.47. The van der Waals surface area contributed by atoms with Crippen molar-refractivity contribution in [3.8, 4) is 0 Å². The summed E-state index contributed by atoms with van der Waals surface area (Å²) in [6.45, 7) is 3.55. The van der Waals surface area contributed by atoms with E-state index < -0.39 is 0 Å². The van der Waals surface area contributed by atoms with Gasteiger partial charge in [0.2, 0.25) is 0 Å². The van der Waals surface area contributed by atoms with E-state index in [1.54, 1.807) is 0 Å². The molecule has 1 aliphatic carbocycles. The Labute approximate surface area is 122 Å². The first-order valence-corrected chi connectivity index (χ1v) is 8.66. The summed E-state index contributed by atoms with van der Waals surface area (Å²) in [5.74, 6) is 2.21. The maximum absolute atomic E-state index is 2.59. The van der Waals surface area contributed by atoms with E-state index in [4.69, 9.17) is 0 Å². The van der Waals surface area contributed by atoms with Crippen molar-refractivity contribution in [2.75, 3.05) is 19.3 Å². The summed E-state index contributed by atoms with van der Waals surface area (Å²) in [6.07, 6.45) is 7.07. The quantitative estimate of drug-likeness (QED) is 0.695. The molecule has 0 heterocycles. The molecule has 2 heteroatoms. The monoisotopic (exact) mass is 277 g/mol. The third-order valence-electron chi connectivity index (χ3n) is 4.47. The summed E-state index contributed by atoms with van der Waals surface area (Å²) in [7, 11) is 2.31. The Bertz CT molecular complexity index is 344. The number of hydrogen-bond donors (Lipinski definition) is 0. The van der Waals surface area contributed by atoms with Crippen LogP contribution >= 0.6 is 11.8 Å². The Kier molecular flexibility index (Phi) is 6.25. The number of benzene rings is 1. The number of nitrogens with zero attached hydrogens (tertiary/aromatic N) is 1. The first kappa shape index (κ1) is 14.9. The van der Waals surface area contributed by atoms with Gasteiger partial charge in [0.05, 0.1) is 0 Å². The van der Waals surface area contributed by atoms with Crippen LogP contribution in [0, 0.1) is 5.92 Å². The lowest BCUT2D eigenvalue weighted by Gasteiger charge is -2.34. The molecule has 0 atom stereocenters. The molecule has 1 saturated carbocycles. The van der Waals surface area contributed by atoms with Gasteiger partial charge in [0, 0.05) is 23.2 Å². The lowest BCUT2D eigenvalue weighted by molar-refractivity contribution is 0.171. The van der Waals surface area contributed by atoms with Crippen LogP contribution in [0.4, 0.5) is 0 Å². The predicted octanol–water partition coefficient (Wildman–Crippen LogP) is 4.68. The second-order valence-electron chi connectivity index (χ2n) is 5.72. The maximum Gasteiger partial charge on any atom is 0.0108 e. The van der Waals surface area contributed by atoms with Crippen molar-refractivity contribution in [2.45, 2.75) is 50.0 Å². The van der Waals surface area contributed by atoms with Crippen molar-refractivity contribution in [1.29, 1.82) is 0 Å². The summed E-state index contributed by atoms with van der Waals surface area (Å²) in [4.78, 5) is 3.98. The van der Waals surface area contributed by atoms with Crippen LogP contribution in [0.5, 0.6) is 0 Å². The summed E-state index contributed by atoms with van der Waals surface area (Å²) in [5.41, 5.74) is 0. The van der Waals surface area contributed by atoms with Crippen LogP contribution in [0.2, 0.25) is 0 Å². The van der Waals surface area contributed by atoms with Gasteiger partial charge in [-0.3, -0.25) is 0 Å². The van der Waals surface area contributed by atoms with Crippen LogP contribution in [-0.4, -0.2) is 30.3 Å². The van der Waals surface area contributed by atoms with Crippen molar-refractivity contribution < 1.29 is 0 Å². The first-order valence-electron chi connectivity index (χ1n) is 7.67. The first-order chi connectivity index (χ1) is 9.29. The van der Waals surface area contributed by atoms with Crippen LogP contribution in [0.1, 0.15) is 39.0 Å². The molecule has 0 aliphatic heterocycles. The standard InChI is InChI=1S/C17H27NS/c1-3-15-9-11-16(12-10-15)18(2)13-14-19-17-7-5-4-6-8-17/h4-8,15-16H,3,9-14H2,1-2H3. The van der Waals surface area contributed by atoms with Crippen molar-refractivity contribution in [3.63, 3.8) is 0 Å². The zero-order valence-electron chi connectivity index (χ0n) is 12.3. The topological polar surface area (TPSA) is 3.24 Å². The van der Waals surface area contributed by atoms with Crippen LogP contribution < -0.4 is 0 Å². The molecule has 0 N–H and O–H groups in total. The Hall–Kier alpha value is -0.470. The molecule has 0 bridgehead atoms. The summed E-state index contributed by atoms with van der Waals surface area (Å²) >= 11 is 1.98. The van der Waals surface area contributed by atoms with Gasteiger partial charge in [-0.25, -0.2) is 0 Å². The Morgan fingerprint density at radius 1 is 1.11 bits per heavy atom. The second kappa shape index (κ2) is 7.96. The number of thioether (sulfide) groups is 1. The molecule has 0 aromatic heterocycles. The van der Waals surface area contributed by atoms with E-state index in [2.05, 4.69) is 49.2 Å². The van der Waals surface area contributed by atoms with E-state index in [-0.39, 0.29) is 0 Å².